The minimum Gasteiger partial charge on any atom is -0.382 e. The largest absolute Gasteiger partial charge is 0.382 e. The fraction of sp³-hybridized carbons (Fsp3) is 0.500. The Morgan fingerprint density at radius 2 is 2.19 bits per heavy atom. The van der Waals surface area contributed by atoms with Gasteiger partial charge in [-0.15, -0.1) is 0 Å². The van der Waals surface area contributed by atoms with Crippen LogP contribution in [0.5, 0.6) is 0 Å². The maximum Gasteiger partial charge on any atom is 0.141 e. The number of nitrogens with zero attached hydrogens (tertiary/aromatic N) is 1. The number of nitrogens with two attached hydrogens (primary N) is 1. The van der Waals surface area contributed by atoms with Crippen molar-refractivity contribution < 1.29 is 4.74 Å². The zero-order valence-electron chi connectivity index (χ0n) is 10.0. The molecule has 0 aromatic carbocycles. The van der Waals surface area contributed by atoms with Gasteiger partial charge in [-0.3, -0.25) is 10.4 Å². The van der Waals surface area contributed by atoms with Crippen LogP contribution in [-0.4, -0.2) is 16.9 Å². The molecule has 0 aliphatic carbocycles. The van der Waals surface area contributed by atoms with Crippen LogP contribution in [0.4, 0.5) is 0 Å². The number of rotatable bonds is 5. The van der Waals surface area contributed by atoms with E-state index in [1.54, 1.807) is 12.3 Å². The Balaban J connectivity index is 2.61. The summed E-state index contributed by atoms with van der Waals surface area (Å²) < 4.78 is 5.69. The maximum atomic E-state index is 7.29. The van der Waals surface area contributed by atoms with Gasteiger partial charge in [-0.1, -0.05) is 13.8 Å². The zero-order valence-corrected chi connectivity index (χ0v) is 10.0. The molecule has 4 heteroatoms. The van der Waals surface area contributed by atoms with E-state index in [0.29, 0.717) is 18.2 Å². The molecule has 0 radical (unpaired) electrons. The van der Waals surface area contributed by atoms with Crippen LogP contribution in [0, 0.1) is 11.3 Å². The van der Waals surface area contributed by atoms with E-state index < -0.39 is 0 Å². The van der Waals surface area contributed by atoms with Gasteiger partial charge in [0.15, 0.2) is 0 Å². The van der Waals surface area contributed by atoms with E-state index in [1.165, 1.54) is 0 Å². The average molecular weight is 221 g/mol. The number of amidine groups is 1. The predicted octanol–water partition coefficient (Wildman–Crippen LogP) is 1.93. The van der Waals surface area contributed by atoms with Crippen LogP contribution in [0.25, 0.3) is 0 Å². The second kappa shape index (κ2) is 5.61. The third-order valence-electron chi connectivity index (χ3n) is 2.55. The Hall–Kier alpha value is -1.42. The van der Waals surface area contributed by atoms with Gasteiger partial charge >= 0.3 is 0 Å². The average Bonchev–Trinajstić information content (AvgIpc) is 2.26. The lowest BCUT2D eigenvalue weighted by atomic mass is 10.1. The summed E-state index contributed by atoms with van der Waals surface area (Å²) >= 11 is 0. The van der Waals surface area contributed by atoms with E-state index >= 15 is 0 Å². The van der Waals surface area contributed by atoms with Crippen molar-refractivity contribution in [2.75, 3.05) is 0 Å². The van der Waals surface area contributed by atoms with Crippen LogP contribution in [-0.2, 0) is 11.3 Å². The van der Waals surface area contributed by atoms with Crippen molar-refractivity contribution in [3.8, 4) is 0 Å². The van der Waals surface area contributed by atoms with Crippen LogP contribution in [0.1, 0.15) is 32.0 Å². The van der Waals surface area contributed by atoms with Crippen molar-refractivity contribution in [3.63, 3.8) is 0 Å². The smallest absolute Gasteiger partial charge is 0.141 e. The van der Waals surface area contributed by atoms with E-state index in [2.05, 4.69) is 25.8 Å². The molecule has 0 saturated carbocycles. The van der Waals surface area contributed by atoms with Crippen LogP contribution < -0.4 is 5.73 Å². The first-order valence-corrected chi connectivity index (χ1v) is 5.41. The van der Waals surface area contributed by atoms with Crippen molar-refractivity contribution in [1.82, 2.24) is 4.98 Å². The second-order valence-corrected chi connectivity index (χ2v) is 4.22. The molecule has 1 unspecified atom stereocenters. The summed E-state index contributed by atoms with van der Waals surface area (Å²) in [6.45, 7) is 6.83. The standard InChI is InChI=1S/C12H19N3O/c1-8(2)9(3)16-7-10-4-5-15-11(6-10)12(13)14/h4-6,8-9H,7H2,1-3H3,(H3,13,14). The molecule has 16 heavy (non-hydrogen) atoms. The summed E-state index contributed by atoms with van der Waals surface area (Å²) in [6.07, 6.45) is 1.86. The predicted molar refractivity (Wildman–Crippen MR) is 64.3 cm³/mol. The number of aromatic nitrogens is 1. The summed E-state index contributed by atoms with van der Waals surface area (Å²) in [5, 5.41) is 7.29. The fourth-order valence-corrected chi connectivity index (χ4v) is 1.13. The summed E-state index contributed by atoms with van der Waals surface area (Å²) in [4.78, 5) is 4.00. The van der Waals surface area contributed by atoms with Gasteiger partial charge in [-0.25, -0.2) is 0 Å². The highest BCUT2D eigenvalue weighted by molar-refractivity contribution is 5.93. The molecule has 0 fully saturated rings. The Labute approximate surface area is 96.3 Å². The molecule has 88 valence electrons. The van der Waals surface area contributed by atoms with E-state index in [0.717, 1.165) is 5.56 Å². The Morgan fingerprint density at radius 3 is 2.75 bits per heavy atom. The Morgan fingerprint density at radius 1 is 1.50 bits per heavy atom. The molecule has 1 aromatic rings. The molecule has 4 nitrogen and oxygen atoms in total. The third-order valence-corrected chi connectivity index (χ3v) is 2.55. The second-order valence-electron chi connectivity index (χ2n) is 4.22. The molecule has 0 bridgehead atoms. The van der Waals surface area contributed by atoms with E-state index in [4.69, 9.17) is 15.9 Å². The highest BCUT2D eigenvalue weighted by Gasteiger charge is 2.07. The topological polar surface area (TPSA) is 72.0 Å². The highest BCUT2D eigenvalue weighted by atomic mass is 16.5. The van der Waals surface area contributed by atoms with Crippen LogP contribution in [0.15, 0.2) is 18.3 Å². The van der Waals surface area contributed by atoms with E-state index in [-0.39, 0.29) is 11.9 Å². The first kappa shape index (κ1) is 12.6. The Bertz CT molecular complexity index is 363. The lowest BCUT2D eigenvalue weighted by Crippen LogP contribution is -2.16. The SMILES string of the molecule is CC(C)C(C)OCc1ccnc(C(=N)N)c1. The number of nitrogens with one attached hydrogen (secondary N) is 1. The van der Waals surface area contributed by atoms with E-state index in [9.17, 15) is 0 Å². The molecule has 0 aliphatic heterocycles. The third kappa shape index (κ3) is 3.62. The summed E-state index contributed by atoms with van der Waals surface area (Å²) in [7, 11) is 0. The van der Waals surface area contributed by atoms with Crippen molar-refractivity contribution in [1.29, 1.82) is 5.41 Å². The zero-order chi connectivity index (χ0) is 12.1. The van der Waals surface area contributed by atoms with Crippen LogP contribution >= 0.6 is 0 Å². The highest BCUT2D eigenvalue weighted by Crippen LogP contribution is 2.10. The summed E-state index contributed by atoms with van der Waals surface area (Å²) in [5.41, 5.74) is 6.86. The lowest BCUT2D eigenvalue weighted by Gasteiger charge is -2.16. The fourth-order valence-electron chi connectivity index (χ4n) is 1.13. The van der Waals surface area contributed by atoms with Crippen LogP contribution in [0.3, 0.4) is 0 Å². The first-order chi connectivity index (χ1) is 7.50. The molecule has 3 N–H and O–H groups in total. The van der Waals surface area contributed by atoms with Gasteiger partial charge < -0.3 is 10.5 Å². The van der Waals surface area contributed by atoms with Crippen molar-refractivity contribution in [3.05, 3.63) is 29.6 Å². The van der Waals surface area contributed by atoms with Gasteiger partial charge in [0, 0.05) is 6.20 Å². The van der Waals surface area contributed by atoms with E-state index in [1.807, 2.05) is 6.07 Å². The molecule has 0 amide bonds. The molecule has 1 rings (SSSR count). The van der Waals surface area contributed by atoms with Gasteiger partial charge in [0.25, 0.3) is 0 Å². The number of ether oxygens (including phenoxy) is 1. The summed E-state index contributed by atoms with van der Waals surface area (Å²) in [5.74, 6) is 0.480. The maximum absolute atomic E-state index is 7.29. The molecular formula is C12H19N3O. The van der Waals surface area contributed by atoms with Gasteiger partial charge in [0.2, 0.25) is 0 Å². The molecule has 1 atom stereocenters. The minimum absolute atomic E-state index is 0.0150. The van der Waals surface area contributed by atoms with Gasteiger partial charge in [-0.05, 0) is 30.5 Å². The van der Waals surface area contributed by atoms with Gasteiger partial charge in [0.05, 0.1) is 12.7 Å². The van der Waals surface area contributed by atoms with Crippen molar-refractivity contribution in [2.45, 2.75) is 33.5 Å². The first-order valence-electron chi connectivity index (χ1n) is 5.41. The quantitative estimate of drug-likeness (QED) is 0.589. The van der Waals surface area contributed by atoms with Gasteiger partial charge in [0.1, 0.15) is 11.5 Å². The number of hydrogen-bond donors (Lipinski definition) is 2. The number of pyridine rings is 1. The molecular weight excluding hydrogens is 202 g/mol. The monoisotopic (exact) mass is 221 g/mol. The lowest BCUT2D eigenvalue weighted by molar-refractivity contribution is 0.0235. The molecule has 1 heterocycles. The van der Waals surface area contributed by atoms with Crippen molar-refractivity contribution in [2.24, 2.45) is 11.7 Å². The molecule has 0 saturated heterocycles. The minimum atomic E-state index is -0.0150. The number of hydrogen-bond acceptors (Lipinski definition) is 3. The molecule has 1 aromatic heterocycles. The normalized spacial score (nSPS) is 12.8. The Kier molecular flexibility index (Phi) is 4.43. The summed E-state index contributed by atoms with van der Waals surface area (Å²) in [6, 6.07) is 3.66. The number of nitrogen functional groups attached to an aromatic ring is 1. The molecule has 0 aliphatic rings. The molecule has 0 spiro atoms. The van der Waals surface area contributed by atoms with Gasteiger partial charge in [-0.2, -0.15) is 0 Å². The van der Waals surface area contributed by atoms with Crippen molar-refractivity contribution >= 4 is 5.84 Å². The van der Waals surface area contributed by atoms with Crippen LogP contribution in [0.2, 0.25) is 0 Å².